The second-order valence-corrected chi connectivity index (χ2v) is 6.13. The van der Waals surface area contributed by atoms with E-state index < -0.39 is 0 Å². The summed E-state index contributed by atoms with van der Waals surface area (Å²) in [4.78, 5) is 7.57. The Bertz CT molecular complexity index is 819. The van der Waals surface area contributed by atoms with Gasteiger partial charge in [-0.25, -0.2) is 4.98 Å². The molecule has 21 heavy (non-hydrogen) atoms. The van der Waals surface area contributed by atoms with Gasteiger partial charge in [0.25, 0.3) is 0 Å². The molecule has 2 aromatic carbocycles. The van der Waals surface area contributed by atoms with Gasteiger partial charge in [-0.2, -0.15) is 0 Å². The van der Waals surface area contributed by atoms with Gasteiger partial charge in [-0.1, -0.05) is 52.6 Å². The summed E-state index contributed by atoms with van der Waals surface area (Å²) in [5.74, 6) is 0.929. The highest BCUT2D eigenvalue weighted by atomic mass is 35.5. The molecular weight excluding hydrogens is 351 g/mol. The van der Waals surface area contributed by atoms with Gasteiger partial charge in [-0.05, 0) is 30.5 Å². The number of thioether (sulfide) groups is 1. The predicted molar refractivity (Wildman–Crippen MR) is 89.4 cm³/mol. The van der Waals surface area contributed by atoms with Crippen LogP contribution in [0.5, 0.6) is 11.5 Å². The SMILES string of the molecule is CSc1nc2c(Cl)c(Oc3cccc(Cl)c3Cl)ccc2[nH]1. The summed E-state index contributed by atoms with van der Waals surface area (Å²) in [7, 11) is 0. The summed E-state index contributed by atoms with van der Waals surface area (Å²) in [5.41, 5.74) is 1.52. The molecule has 0 atom stereocenters. The first-order chi connectivity index (χ1) is 10.1. The Morgan fingerprint density at radius 2 is 1.81 bits per heavy atom. The van der Waals surface area contributed by atoms with Crippen molar-refractivity contribution in [3.8, 4) is 11.5 Å². The third-order valence-corrected chi connectivity index (χ3v) is 4.61. The van der Waals surface area contributed by atoms with E-state index in [1.807, 2.05) is 12.3 Å². The maximum Gasteiger partial charge on any atom is 0.166 e. The second kappa shape index (κ2) is 5.97. The molecule has 0 bridgehead atoms. The van der Waals surface area contributed by atoms with Crippen molar-refractivity contribution in [3.05, 3.63) is 45.4 Å². The molecule has 0 radical (unpaired) electrons. The van der Waals surface area contributed by atoms with Crippen LogP contribution in [0, 0.1) is 0 Å². The number of imidazole rings is 1. The molecule has 0 saturated carbocycles. The van der Waals surface area contributed by atoms with E-state index in [0.717, 1.165) is 10.7 Å². The summed E-state index contributed by atoms with van der Waals surface area (Å²) in [6.45, 7) is 0. The number of halogens is 3. The number of aromatic amines is 1. The third kappa shape index (κ3) is 2.81. The van der Waals surface area contributed by atoms with E-state index in [4.69, 9.17) is 39.5 Å². The van der Waals surface area contributed by atoms with E-state index in [1.165, 1.54) is 11.8 Å². The predicted octanol–water partition coefficient (Wildman–Crippen LogP) is 6.04. The number of H-pyrrole nitrogens is 1. The maximum atomic E-state index is 6.36. The highest BCUT2D eigenvalue weighted by molar-refractivity contribution is 7.98. The number of benzene rings is 2. The number of nitrogens with one attached hydrogen (secondary N) is 1. The lowest BCUT2D eigenvalue weighted by Crippen LogP contribution is -1.87. The lowest BCUT2D eigenvalue weighted by atomic mass is 10.3. The molecule has 1 heterocycles. The third-order valence-electron chi connectivity index (χ3n) is 2.87. The van der Waals surface area contributed by atoms with Gasteiger partial charge >= 0.3 is 0 Å². The first-order valence-corrected chi connectivity index (χ1v) is 8.30. The monoisotopic (exact) mass is 358 g/mol. The molecule has 108 valence electrons. The minimum absolute atomic E-state index is 0.349. The van der Waals surface area contributed by atoms with Crippen molar-refractivity contribution in [2.75, 3.05) is 6.26 Å². The lowest BCUT2D eigenvalue weighted by molar-refractivity contribution is 0.484. The molecule has 3 nitrogen and oxygen atoms in total. The van der Waals surface area contributed by atoms with Crippen LogP contribution in [0.4, 0.5) is 0 Å². The van der Waals surface area contributed by atoms with Crippen molar-refractivity contribution < 1.29 is 4.74 Å². The molecule has 1 aromatic heterocycles. The Morgan fingerprint density at radius 1 is 1.05 bits per heavy atom. The van der Waals surface area contributed by atoms with Gasteiger partial charge < -0.3 is 9.72 Å². The van der Waals surface area contributed by atoms with Crippen LogP contribution in [0.3, 0.4) is 0 Å². The van der Waals surface area contributed by atoms with Crippen LogP contribution in [-0.4, -0.2) is 16.2 Å². The van der Waals surface area contributed by atoms with E-state index >= 15 is 0 Å². The summed E-state index contributed by atoms with van der Waals surface area (Å²) < 4.78 is 5.76. The van der Waals surface area contributed by atoms with Gasteiger partial charge in [0.15, 0.2) is 5.16 Å². The standard InChI is InChI=1S/C14H9Cl3N2OS/c1-21-14-18-8-5-6-10(12(17)13(8)19-14)20-9-4-2-3-7(15)11(9)16/h2-6H,1H3,(H,18,19). The van der Waals surface area contributed by atoms with Gasteiger partial charge in [0.2, 0.25) is 0 Å². The molecule has 7 heteroatoms. The van der Waals surface area contributed by atoms with E-state index in [-0.39, 0.29) is 0 Å². The fraction of sp³-hybridized carbons (Fsp3) is 0.0714. The molecule has 1 N–H and O–H groups in total. The first-order valence-electron chi connectivity index (χ1n) is 5.94. The summed E-state index contributed by atoms with van der Waals surface area (Å²) in [6.07, 6.45) is 1.94. The Labute approximate surface area is 140 Å². The number of ether oxygens (including phenoxy) is 1. The summed E-state index contributed by atoms with van der Waals surface area (Å²) >= 11 is 20.0. The fourth-order valence-electron chi connectivity index (χ4n) is 1.86. The highest BCUT2D eigenvalue weighted by Gasteiger charge is 2.14. The molecule has 0 unspecified atom stereocenters. The number of hydrogen-bond acceptors (Lipinski definition) is 3. The molecule has 3 rings (SSSR count). The van der Waals surface area contributed by atoms with Crippen LogP contribution < -0.4 is 4.74 Å². The zero-order valence-corrected chi connectivity index (χ0v) is 13.9. The Hall–Kier alpha value is -1.07. The molecule has 0 spiro atoms. The van der Waals surface area contributed by atoms with Crippen LogP contribution >= 0.6 is 46.6 Å². The van der Waals surface area contributed by atoms with Crippen molar-refractivity contribution >= 4 is 57.6 Å². The molecule has 0 aliphatic rings. The van der Waals surface area contributed by atoms with Crippen molar-refractivity contribution in [1.29, 1.82) is 0 Å². The minimum Gasteiger partial charge on any atom is -0.454 e. The topological polar surface area (TPSA) is 37.9 Å². The van der Waals surface area contributed by atoms with Gasteiger partial charge in [-0.3, -0.25) is 0 Å². The molecule has 0 aliphatic heterocycles. The van der Waals surface area contributed by atoms with E-state index in [1.54, 1.807) is 24.3 Å². The van der Waals surface area contributed by atoms with E-state index in [0.29, 0.717) is 32.1 Å². The zero-order valence-electron chi connectivity index (χ0n) is 10.8. The largest absolute Gasteiger partial charge is 0.454 e. The van der Waals surface area contributed by atoms with Crippen LogP contribution in [-0.2, 0) is 0 Å². The molecule has 0 amide bonds. The Kier molecular flexibility index (Phi) is 4.22. The first kappa shape index (κ1) is 14.9. The average molecular weight is 360 g/mol. The minimum atomic E-state index is 0.349. The quantitative estimate of drug-likeness (QED) is 0.579. The van der Waals surface area contributed by atoms with Crippen molar-refractivity contribution in [1.82, 2.24) is 9.97 Å². The highest BCUT2D eigenvalue weighted by Crippen LogP contribution is 2.39. The molecule has 0 fully saturated rings. The zero-order chi connectivity index (χ0) is 15.0. The smallest absolute Gasteiger partial charge is 0.166 e. The van der Waals surface area contributed by atoms with Gasteiger partial charge in [0, 0.05) is 0 Å². The van der Waals surface area contributed by atoms with E-state index in [9.17, 15) is 0 Å². The number of rotatable bonds is 3. The Balaban J connectivity index is 2.04. The number of nitrogens with zero attached hydrogens (tertiary/aromatic N) is 1. The van der Waals surface area contributed by atoms with Gasteiger partial charge in [-0.15, -0.1) is 0 Å². The number of hydrogen-bond donors (Lipinski definition) is 1. The summed E-state index contributed by atoms with van der Waals surface area (Å²) in [6, 6.07) is 8.81. The van der Waals surface area contributed by atoms with Crippen molar-refractivity contribution in [3.63, 3.8) is 0 Å². The van der Waals surface area contributed by atoms with Gasteiger partial charge in [0.05, 0.1) is 10.5 Å². The van der Waals surface area contributed by atoms with Crippen LogP contribution in [0.25, 0.3) is 11.0 Å². The number of aromatic nitrogens is 2. The van der Waals surface area contributed by atoms with Crippen LogP contribution in [0.15, 0.2) is 35.5 Å². The Morgan fingerprint density at radius 3 is 2.57 bits per heavy atom. The van der Waals surface area contributed by atoms with Crippen molar-refractivity contribution in [2.24, 2.45) is 0 Å². The molecule has 0 aliphatic carbocycles. The molecule has 0 saturated heterocycles. The van der Waals surface area contributed by atoms with Crippen LogP contribution in [0.2, 0.25) is 15.1 Å². The molecular formula is C14H9Cl3N2OS. The van der Waals surface area contributed by atoms with Crippen molar-refractivity contribution in [2.45, 2.75) is 5.16 Å². The fourth-order valence-corrected chi connectivity index (χ4v) is 2.83. The lowest BCUT2D eigenvalue weighted by Gasteiger charge is -2.09. The summed E-state index contributed by atoms with van der Waals surface area (Å²) in [5, 5.41) is 2.00. The maximum absolute atomic E-state index is 6.36. The number of fused-ring (bicyclic) bond motifs is 1. The van der Waals surface area contributed by atoms with Crippen LogP contribution in [0.1, 0.15) is 0 Å². The normalized spacial score (nSPS) is 11.0. The molecule has 3 aromatic rings. The van der Waals surface area contributed by atoms with E-state index in [2.05, 4.69) is 9.97 Å². The second-order valence-electron chi connectivity index (χ2n) is 4.17. The average Bonchev–Trinajstić information content (AvgIpc) is 2.91. The van der Waals surface area contributed by atoms with Gasteiger partial charge in [0.1, 0.15) is 27.1 Å².